The molecule has 4 aliphatic rings. The summed E-state index contributed by atoms with van der Waals surface area (Å²) in [5, 5.41) is 0.396. The highest BCUT2D eigenvalue weighted by atomic mass is 35.5. The summed E-state index contributed by atoms with van der Waals surface area (Å²) in [6, 6.07) is 0. The lowest BCUT2D eigenvalue weighted by Crippen LogP contribution is -2.50. The van der Waals surface area contributed by atoms with E-state index in [1.165, 1.54) is 70.6 Å². The summed E-state index contributed by atoms with van der Waals surface area (Å²) in [6.45, 7) is 12.7. The average Bonchev–Trinajstić information content (AvgIpc) is 2.99. The van der Waals surface area contributed by atoms with Gasteiger partial charge in [0.05, 0.1) is 0 Å². The molecular formula is C27H45Cl. The molecule has 0 saturated heterocycles. The molecule has 160 valence electrons. The quantitative estimate of drug-likeness (QED) is 0.317. The van der Waals surface area contributed by atoms with E-state index in [0.29, 0.717) is 16.2 Å². The molecule has 0 aromatic rings. The molecule has 4 aliphatic carbocycles. The van der Waals surface area contributed by atoms with Gasteiger partial charge in [-0.25, -0.2) is 0 Å². The molecule has 0 bridgehead atoms. The molecule has 1 heteroatoms. The van der Waals surface area contributed by atoms with E-state index in [-0.39, 0.29) is 0 Å². The Kier molecular flexibility index (Phi) is 6.03. The summed E-state index contributed by atoms with van der Waals surface area (Å²) in [6.07, 6.45) is 18.0. The van der Waals surface area contributed by atoms with Crippen molar-refractivity contribution in [3.63, 3.8) is 0 Å². The van der Waals surface area contributed by atoms with Crippen LogP contribution in [-0.4, -0.2) is 5.38 Å². The normalized spacial score (nSPS) is 46.5. The molecule has 28 heavy (non-hydrogen) atoms. The highest BCUT2D eigenvalue weighted by molar-refractivity contribution is 6.20. The standard InChI is InChI=1S/C27H45Cl/c1-18(2)7-6-8-19(3)23-11-12-24-22-10-9-20-17-21(28)13-15-26(20,4)25(22)14-16-27(23,24)5/h9,18-19,21-25H,6-8,10-17H2,1-5H3/t19-,21?,22+,23-,24+,25+,26+,27-/m1/s1. The Bertz CT molecular complexity index is 591. The second kappa shape index (κ2) is 7.94. The molecule has 0 radical (unpaired) electrons. The number of alkyl halides is 1. The molecule has 4 rings (SSSR count). The largest absolute Gasteiger partial charge is 0.123 e. The zero-order valence-electron chi connectivity index (χ0n) is 19.3. The van der Waals surface area contributed by atoms with Crippen molar-refractivity contribution in [1.82, 2.24) is 0 Å². The summed E-state index contributed by atoms with van der Waals surface area (Å²) in [5.74, 6) is 5.62. The fourth-order valence-corrected chi connectivity index (χ4v) is 8.92. The van der Waals surface area contributed by atoms with Crippen molar-refractivity contribution in [2.45, 2.75) is 111 Å². The number of hydrogen-bond acceptors (Lipinski definition) is 0. The van der Waals surface area contributed by atoms with Crippen LogP contribution in [0.25, 0.3) is 0 Å². The number of allylic oxidation sites excluding steroid dienone is 2. The molecule has 0 aromatic heterocycles. The van der Waals surface area contributed by atoms with Gasteiger partial charge in [0, 0.05) is 5.38 Å². The number of rotatable bonds is 5. The van der Waals surface area contributed by atoms with Crippen molar-refractivity contribution in [1.29, 1.82) is 0 Å². The molecule has 0 aromatic carbocycles. The third-order valence-corrected chi connectivity index (χ3v) is 10.6. The Balaban J connectivity index is 1.49. The smallest absolute Gasteiger partial charge is 0.0373 e. The van der Waals surface area contributed by atoms with Crippen molar-refractivity contribution < 1.29 is 0 Å². The molecule has 0 N–H and O–H groups in total. The van der Waals surface area contributed by atoms with E-state index >= 15 is 0 Å². The molecule has 1 unspecified atom stereocenters. The third-order valence-electron chi connectivity index (χ3n) is 10.2. The van der Waals surface area contributed by atoms with Gasteiger partial charge in [-0.2, -0.15) is 0 Å². The molecular weight excluding hydrogens is 360 g/mol. The fraction of sp³-hybridized carbons (Fsp3) is 0.926. The summed E-state index contributed by atoms with van der Waals surface area (Å²) >= 11 is 6.56. The summed E-state index contributed by atoms with van der Waals surface area (Å²) in [4.78, 5) is 0. The van der Waals surface area contributed by atoms with E-state index in [1.807, 2.05) is 0 Å². The van der Waals surface area contributed by atoms with Gasteiger partial charge < -0.3 is 0 Å². The number of halogens is 1. The number of fused-ring (bicyclic) bond motifs is 5. The van der Waals surface area contributed by atoms with Crippen LogP contribution >= 0.6 is 11.6 Å². The van der Waals surface area contributed by atoms with E-state index in [2.05, 4.69) is 40.7 Å². The SMILES string of the molecule is CC(C)CCC[C@@H](C)[C@H]1CC[C@H]2[C@@H]3CC=C4CC(Cl)CC[C@]4(C)[C@H]3CC[C@]12C. The molecule has 0 heterocycles. The zero-order valence-corrected chi connectivity index (χ0v) is 20.0. The van der Waals surface area contributed by atoms with Crippen LogP contribution in [-0.2, 0) is 0 Å². The van der Waals surface area contributed by atoms with E-state index in [0.717, 1.165) is 35.5 Å². The molecule has 3 saturated carbocycles. The highest BCUT2D eigenvalue weighted by Crippen LogP contribution is 2.67. The first kappa shape index (κ1) is 21.3. The van der Waals surface area contributed by atoms with Crippen molar-refractivity contribution in [2.24, 2.45) is 46.3 Å². The number of hydrogen-bond donors (Lipinski definition) is 0. The van der Waals surface area contributed by atoms with Crippen LogP contribution in [0, 0.1) is 46.3 Å². The molecule has 8 atom stereocenters. The Morgan fingerprint density at radius 2 is 1.79 bits per heavy atom. The fourth-order valence-electron chi connectivity index (χ4n) is 8.64. The zero-order chi connectivity index (χ0) is 20.1. The maximum atomic E-state index is 6.56. The van der Waals surface area contributed by atoms with E-state index in [4.69, 9.17) is 11.6 Å². The lowest BCUT2D eigenvalue weighted by molar-refractivity contribution is -0.0498. The van der Waals surface area contributed by atoms with Gasteiger partial charge in [-0.15, -0.1) is 11.6 Å². The van der Waals surface area contributed by atoms with Crippen molar-refractivity contribution in [2.75, 3.05) is 0 Å². The molecule has 0 aliphatic heterocycles. The van der Waals surface area contributed by atoms with Crippen LogP contribution in [0.4, 0.5) is 0 Å². The van der Waals surface area contributed by atoms with Gasteiger partial charge in [-0.1, -0.05) is 65.5 Å². The molecule has 0 spiro atoms. The molecule has 0 nitrogen and oxygen atoms in total. The first-order valence-corrected chi connectivity index (χ1v) is 13.0. The first-order valence-electron chi connectivity index (χ1n) is 12.6. The van der Waals surface area contributed by atoms with Crippen molar-refractivity contribution >= 4 is 11.6 Å². The highest BCUT2D eigenvalue weighted by Gasteiger charge is 2.58. The predicted molar refractivity (Wildman–Crippen MR) is 123 cm³/mol. The summed E-state index contributed by atoms with van der Waals surface area (Å²) in [7, 11) is 0. The summed E-state index contributed by atoms with van der Waals surface area (Å²) in [5.41, 5.74) is 2.82. The van der Waals surface area contributed by atoms with Gasteiger partial charge in [0.2, 0.25) is 0 Å². The van der Waals surface area contributed by atoms with Crippen LogP contribution in [0.3, 0.4) is 0 Å². The molecule has 3 fully saturated rings. The van der Waals surface area contributed by atoms with E-state index in [1.54, 1.807) is 5.57 Å². The van der Waals surface area contributed by atoms with Crippen LogP contribution < -0.4 is 0 Å². The first-order chi connectivity index (χ1) is 13.3. The van der Waals surface area contributed by atoms with Crippen LogP contribution in [0.5, 0.6) is 0 Å². The lowest BCUT2D eigenvalue weighted by atomic mass is 9.47. The van der Waals surface area contributed by atoms with Gasteiger partial charge in [0.1, 0.15) is 0 Å². The predicted octanol–water partition coefficient (Wildman–Crippen LogP) is 8.64. The van der Waals surface area contributed by atoms with Crippen LogP contribution in [0.15, 0.2) is 11.6 Å². The Labute approximate surface area is 180 Å². The van der Waals surface area contributed by atoms with Gasteiger partial charge in [0.15, 0.2) is 0 Å². The minimum atomic E-state index is 0.396. The topological polar surface area (TPSA) is 0 Å². The van der Waals surface area contributed by atoms with Gasteiger partial charge in [0.25, 0.3) is 0 Å². The van der Waals surface area contributed by atoms with Crippen molar-refractivity contribution in [3.05, 3.63) is 11.6 Å². The van der Waals surface area contributed by atoms with E-state index < -0.39 is 0 Å². The minimum absolute atomic E-state index is 0.396. The molecule has 0 amide bonds. The van der Waals surface area contributed by atoms with Crippen LogP contribution in [0.2, 0.25) is 0 Å². The lowest BCUT2D eigenvalue weighted by Gasteiger charge is -2.58. The Morgan fingerprint density at radius 3 is 2.54 bits per heavy atom. The summed E-state index contributed by atoms with van der Waals surface area (Å²) < 4.78 is 0. The van der Waals surface area contributed by atoms with Gasteiger partial charge in [-0.3, -0.25) is 0 Å². The van der Waals surface area contributed by atoms with Gasteiger partial charge >= 0.3 is 0 Å². The Hall–Kier alpha value is 0.0300. The van der Waals surface area contributed by atoms with Crippen molar-refractivity contribution in [3.8, 4) is 0 Å². The third kappa shape index (κ3) is 3.52. The second-order valence-electron chi connectivity index (χ2n) is 12.1. The minimum Gasteiger partial charge on any atom is -0.123 e. The van der Waals surface area contributed by atoms with Gasteiger partial charge in [-0.05, 0) is 97.7 Å². The second-order valence-corrected chi connectivity index (χ2v) is 12.7. The monoisotopic (exact) mass is 404 g/mol. The maximum Gasteiger partial charge on any atom is 0.0373 e. The van der Waals surface area contributed by atoms with Crippen LogP contribution in [0.1, 0.15) is 105 Å². The average molecular weight is 405 g/mol. The van der Waals surface area contributed by atoms with E-state index in [9.17, 15) is 0 Å². The Morgan fingerprint density at radius 1 is 1.00 bits per heavy atom. The maximum absolute atomic E-state index is 6.56.